The Labute approximate surface area is 78.6 Å². The third-order valence-electron chi connectivity index (χ3n) is 3.15. The molecule has 0 bridgehead atoms. The standard InChI is InChI=1S/C13H12/c1-2-9-10-5-3-4-6-11(10)13-8-7-12(9)13/h3-9H,2H2,1H3. The third-order valence-corrected chi connectivity index (χ3v) is 3.15. The van der Waals surface area contributed by atoms with Gasteiger partial charge in [0.2, 0.25) is 0 Å². The zero-order valence-corrected chi connectivity index (χ0v) is 7.75. The molecule has 0 fully saturated rings. The summed E-state index contributed by atoms with van der Waals surface area (Å²) in [5, 5.41) is 0. The summed E-state index contributed by atoms with van der Waals surface area (Å²) in [4.78, 5) is 0. The fraction of sp³-hybridized carbons (Fsp3) is 0.231. The molecule has 0 amide bonds. The summed E-state index contributed by atoms with van der Waals surface area (Å²) >= 11 is 0. The molecule has 13 heavy (non-hydrogen) atoms. The lowest BCUT2D eigenvalue weighted by Crippen LogP contribution is -1.96. The van der Waals surface area contributed by atoms with Crippen LogP contribution in [0.25, 0.3) is 5.57 Å². The number of hydrogen-bond acceptors (Lipinski definition) is 0. The van der Waals surface area contributed by atoms with Crippen LogP contribution in [-0.2, 0) is 0 Å². The Balaban J connectivity index is 2.20. The van der Waals surface area contributed by atoms with Crippen molar-refractivity contribution in [3.05, 3.63) is 53.1 Å². The van der Waals surface area contributed by atoms with Crippen LogP contribution in [-0.4, -0.2) is 0 Å². The van der Waals surface area contributed by atoms with E-state index in [2.05, 4.69) is 43.3 Å². The van der Waals surface area contributed by atoms with Crippen LogP contribution in [0.1, 0.15) is 30.4 Å². The second-order valence-electron chi connectivity index (χ2n) is 3.75. The highest BCUT2D eigenvalue weighted by Gasteiger charge is 2.30. The predicted octanol–water partition coefficient (Wildman–Crippen LogP) is 3.52. The molecule has 0 aliphatic heterocycles. The zero-order chi connectivity index (χ0) is 8.84. The highest BCUT2D eigenvalue weighted by Crippen LogP contribution is 2.48. The van der Waals surface area contributed by atoms with Gasteiger partial charge in [0.25, 0.3) is 0 Å². The van der Waals surface area contributed by atoms with Gasteiger partial charge >= 0.3 is 0 Å². The summed E-state index contributed by atoms with van der Waals surface area (Å²) in [5.74, 6) is 0.677. The summed E-state index contributed by atoms with van der Waals surface area (Å²) in [6.45, 7) is 2.27. The molecule has 0 spiro atoms. The van der Waals surface area contributed by atoms with Gasteiger partial charge in [-0.1, -0.05) is 43.3 Å². The van der Waals surface area contributed by atoms with Gasteiger partial charge in [0.05, 0.1) is 0 Å². The van der Waals surface area contributed by atoms with E-state index in [1.54, 1.807) is 5.57 Å². The Bertz CT molecular complexity index is 421. The lowest BCUT2D eigenvalue weighted by atomic mass is 9.90. The summed E-state index contributed by atoms with van der Waals surface area (Å²) in [6, 6.07) is 8.79. The van der Waals surface area contributed by atoms with Gasteiger partial charge in [0, 0.05) is 5.92 Å². The predicted molar refractivity (Wildman–Crippen MR) is 55.5 cm³/mol. The molecule has 0 radical (unpaired) electrons. The minimum Gasteiger partial charge on any atom is -0.0645 e. The molecule has 0 heterocycles. The van der Waals surface area contributed by atoms with Crippen molar-refractivity contribution in [2.45, 2.75) is 19.3 Å². The normalized spacial score (nSPS) is 22.7. The maximum atomic E-state index is 2.27. The van der Waals surface area contributed by atoms with E-state index < -0.39 is 0 Å². The number of benzene rings is 1. The fourth-order valence-electron chi connectivity index (χ4n) is 2.47. The van der Waals surface area contributed by atoms with Crippen molar-refractivity contribution in [2.75, 3.05) is 0 Å². The number of rotatable bonds is 1. The Morgan fingerprint density at radius 2 is 2.00 bits per heavy atom. The fourth-order valence-corrected chi connectivity index (χ4v) is 2.47. The Hall–Kier alpha value is -1.30. The molecule has 0 nitrogen and oxygen atoms in total. The van der Waals surface area contributed by atoms with Crippen LogP contribution in [0.3, 0.4) is 0 Å². The maximum absolute atomic E-state index is 2.27. The van der Waals surface area contributed by atoms with Gasteiger partial charge < -0.3 is 0 Å². The Morgan fingerprint density at radius 3 is 2.69 bits per heavy atom. The average Bonchev–Trinajstić information content (AvgIpc) is 2.33. The molecule has 0 saturated carbocycles. The maximum Gasteiger partial charge on any atom is 0.00990 e. The first-order valence-corrected chi connectivity index (χ1v) is 4.93. The minimum atomic E-state index is 0.677. The van der Waals surface area contributed by atoms with Crippen LogP contribution in [0.5, 0.6) is 0 Å². The van der Waals surface area contributed by atoms with Crippen LogP contribution in [0.15, 0.2) is 42.0 Å². The van der Waals surface area contributed by atoms with Crippen LogP contribution in [0.2, 0.25) is 0 Å². The van der Waals surface area contributed by atoms with Gasteiger partial charge in [-0.3, -0.25) is 0 Å². The summed E-state index contributed by atoms with van der Waals surface area (Å²) in [7, 11) is 0. The molecule has 3 rings (SSSR count). The average molecular weight is 168 g/mol. The van der Waals surface area contributed by atoms with E-state index in [-0.39, 0.29) is 0 Å². The number of allylic oxidation sites excluding steroid dienone is 4. The van der Waals surface area contributed by atoms with E-state index in [4.69, 9.17) is 0 Å². The molecule has 0 N–H and O–H groups in total. The van der Waals surface area contributed by atoms with Crippen molar-refractivity contribution in [1.29, 1.82) is 0 Å². The van der Waals surface area contributed by atoms with Gasteiger partial charge in [-0.2, -0.15) is 0 Å². The van der Waals surface area contributed by atoms with Gasteiger partial charge in [-0.15, -0.1) is 0 Å². The van der Waals surface area contributed by atoms with E-state index in [9.17, 15) is 0 Å². The molecule has 0 saturated heterocycles. The van der Waals surface area contributed by atoms with Gasteiger partial charge in [-0.25, -0.2) is 0 Å². The van der Waals surface area contributed by atoms with Gasteiger partial charge in [0.1, 0.15) is 0 Å². The van der Waals surface area contributed by atoms with Crippen molar-refractivity contribution in [2.24, 2.45) is 0 Å². The molecule has 2 aliphatic rings. The summed E-state index contributed by atoms with van der Waals surface area (Å²) in [6.07, 6.45) is 5.73. The lowest BCUT2D eigenvalue weighted by Gasteiger charge is -2.14. The lowest BCUT2D eigenvalue weighted by molar-refractivity contribution is 0.789. The van der Waals surface area contributed by atoms with E-state index >= 15 is 0 Å². The largest absolute Gasteiger partial charge is 0.0645 e. The monoisotopic (exact) mass is 168 g/mol. The van der Waals surface area contributed by atoms with Crippen molar-refractivity contribution in [3.8, 4) is 0 Å². The molecule has 1 aromatic rings. The highest BCUT2D eigenvalue weighted by molar-refractivity contribution is 5.92. The molecule has 1 unspecified atom stereocenters. The quantitative estimate of drug-likeness (QED) is 0.602. The molecule has 1 atom stereocenters. The molecular formula is C13H12. The van der Waals surface area contributed by atoms with Crippen molar-refractivity contribution in [1.82, 2.24) is 0 Å². The smallest absolute Gasteiger partial charge is 0.00990 e. The third kappa shape index (κ3) is 0.757. The van der Waals surface area contributed by atoms with Crippen molar-refractivity contribution in [3.63, 3.8) is 0 Å². The van der Waals surface area contributed by atoms with Crippen LogP contribution in [0, 0.1) is 0 Å². The number of fused-ring (bicyclic) bond motifs is 2. The second-order valence-corrected chi connectivity index (χ2v) is 3.75. The Morgan fingerprint density at radius 1 is 1.15 bits per heavy atom. The van der Waals surface area contributed by atoms with E-state index in [1.165, 1.54) is 23.1 Å². The zero-order valence-electron chi connectivity index (χ0n) is 7.75. The molecule has 64 valence electrons. The van der Waals surface area contributed by atoms with Gasteiger partial charge in [-0.05, 0) is 28.7 Å². The van der Waals surface area contributed by atoms with E-state index in [0.717, 1.165) is 0 Å². The minimum absolute atomic E-state index is 0.677. The number of hydrogen-bond donors (Lipinski definition) is 0. The second kappa shape index (κ2) is 2.35. The Kier molecular flexibility index (Phi) is 1.29. The van der Waals surface area contributed by atoms with E-state index in [1.807, 2.05) is 0 Å². The van der Waals surface area contributed by atoms with Crippen LogP contribution in [0.4, 0.5) is 0 Å². The SMILES string of the molecule is CCC1C2=C(C=C2)c2ccccc21. The summed E-state index contributed by atoms with van der Waals surface area (Å²) < 4.78 is 0. The molecule has 0 aromatic heterocycles. The van der Waals surface area contributed by atoms with Crippen LogP contribution < -0.4 is 0 Å². The first kappa shape index (κ1) is 7.14. The topological polar surface area (TPSA) is 0 Å². The van der Waals surface area contributed by atoms with Crippen molar-refractivity contribution >= 4 is 5.57 Å². The van der Waals surface area contributed by atoms with Crippen LogP contribution >= 0.6 is 0 Å². The first-order chi connectivity index (χ1) is 6.42. The molecular weight excluding hydrogens is 156 g/mol. The van der Waals surface area contributed by atoms with Crippen molar-refractivity contribution < 1.29 is 0 Å². The molecule has 1 aromatic carbocycles. The highest BCUT2D eigenvalue weighted by atomic mass is 14.3. The molecule has 2 aliphatic carbocycles. The molecule has 0 heteroatoms. The van der Waals surface area contributed by atoms with Gasteiger partial charge in [0.15, 0.2) is 0 Å². The first-order valence-electron chi connectivity index (χ1n) is 4.93. The summed E-state index contributed by atoms with van der Waals surface area (Å²) in [5.41, 5.74) is 6.04. The van der Waals surface area contributed by atoms with E-state index in [0.29, 0.717) is 5.92 Å².